The number of nitriles is 1. The van der Waals surface area contributed by atoms with Gasteiger partial charge >= 0.3 is 5.97 Å². The van der Waals surface area contributed by atoms with Gasteiger partial charge < -0.3 is 15.2 Å². The standard InChI is InChI=1S/C19H22N2O3/c1-4-6-13-7-9-14(10-8-13)17-15(11-20)18(21)24-12(3)16(17)19(22)23-5-2/h7-10,17H,4-6,21H2,1-3H3. The summed E-state index contributed by atoms with van der Waals surface area (Å²) in [6.07, 6.45) is 2.04. The molecule has 0 amide bonds. The van der Waals surface area contributed by atoms with Crippen molar-refractivity contribution in [1.29, 1.82) is 5.26 Å². The summed E-state index contributed by atoms with van der Waals surface area (Å²) in [6.45, 7) is 5.76. The van der Waals surface area contributed by atoms with Crippen LogP contribution < -0.4 is 5.73 Å². The van der Waals surface area contributed by atoms with E-state index in [1.54, 1.807) is 13.8 Å². The molecule has 1 atom stereocenters. The highest BCUT2D eigenvalue weighted by molar-refractivity contribution is 5.92. The van der Waals surface area contributed by atoms with Gasteiger partial charge in [-0.2, -0.15) is 5.26 Å². The van der Waals surface area contributed by atoms with Crippen molar-refractivity contribution < 1.29 is 14.3 Å². The first kappa shape index (κ1) is 17.6. The molecule has 5 heteroatoms. The van der Waals surface area contributed by atoms with E-state index in [0.717, 1.165) is 18.4 Å². The molecule has 5 nitrogen and oxygen atoms in total. The van der Waals surface area contributed by atoms with E-state index in [9.17, 15) is 10.1 Å². The zero-order valence-electron chi connectivity index (χ0n) is 14.3. The lowest BCUT2D eigenvalue weighted by molar-refractivity contribution is -0.139. The molecule has 24 heavy (non-hydrogen) atoms. The molecule has 126 valence electrons. The van der Waals surface area contributed by atoms with Gasteiger partial charge in [-0.15, -0.1) is 0 Å². The van der Waals surface area contributed by atoms with Gasteiger partial charge in [0.15, 0.2) is 0 Å². The third-order valence-corrected chi connectivity index (χ3v) is 3.95. The fourth-order valence-electron chi connectivity index (χ4n) is 2.85. The van der Waals surface area contributed by atoms with Gasteiger partial charge in [0, 0.05) is 0 Å². The fourth-order valence-corrected chi connectivity index (χ4v) is 2.85. The number of hydrogen-bond donors (Lipinski definition) is 1. The third-order valence-electron chi connectivity index (χ3n) is 3.95. The predicted molar refractivity (Wildman–Crippen MR) is 90.4 cm³/mol. The average Bonchev–Trinajstić information content (AvgIpc) is 2.55. The molecule has 1 unspecified atom stereocenters. The lowest BCUT2D eigenvalue weighted by Gasteiger charge is -2.26. The van der Waals surface area contributed by atoms with E-state index in [-0.39, 0.29) is 18.1 Å². The molecule has 0 fully saturated rings. The van der Waals surface area contributed by atoms with Gasteiger partial charge in [-0.3, -0.25) is 0 Å². The number of allylic oxidation sites excluding steroid dienone is 2. The van der Waals surface area contributed by atoms with E-state index in [1.165, 1.54) is 5.56 Å². The highest BCUT2D eigenvalue weighted by atomic mass is 16.5. The Hall–Kier alpha value is -2.74. The molecule has 1 heterocycles. The van der Waals surface area contributed by atoms with Gasteiger partial charge in [0.05, 0.1) is 18.1 Å². The number of aryl methyl sites for hydroxylation is 1. The summed E-state index contributed by atoms with van der Waals surface area (Å²) in [5, 5.41) is 9.51. The monoisotopic (exact) mass is 326 g/mol. The normalized spacial score (nSPS) is 17.3. The third kappa shape index (κ3) is 3.43. The first-order valence-corrected chi connectivity index (χ1v) is 8.07. The molecule has 1 aliphatic heterocycles. The van der Waals surface area contributed by atoms with Crippen molar-refractivity contribution in [3.8, 4) is 6.07 Å². The highest BCUT2D eigenvalue weighted by Crippen LogP contribution is 2.39. The number of benzene rings is 1. The van der Waals surface area contributed by atoms with Crippen LogP contribution in [0.1, 0.15) is 44.2 Å². The number of nitrogens with two attached hydrogens (primary N) is 1. The Morgan fingerprint density at radius 1 is 1.33 bits per heavy atom. The van der Waals surface area contributed by atoms with Gasteiger partial charge in [0.2, 0.25) is 5.88 Å². The van der Waals surface area contributed by atoms with Crippen LogP contribution in [0.15, 0.2) is 47.1 Å². The van der Waals surface area contributed by atoms with Crippen molar-refractivity contribution in [2.75, 3.05) is 6.61 Å². The molecule has 0 saturated carbocycles. The number of hydrogen-bond acceptors (Lipinski definition) is 5. The Kier molecular flexibility index (Phi) is 5.64. The molecule has 0 aliphatic carbocycles. The van der Waals surface area contributed by atoms with Gasteiger partial charge in [0.1, 0.15) is 17.4 Å². The van der Waals surface area contributed by atoms with Crippen LogP contribution in [0, 0.1) is 11.3 Å². The maximum Gasteiger partial charge on any atom is 0.338 e. The number of nitrogens with zero attached hydrogens (tertiary/aromatic N) is 1. The number of esters is 1. The molecule has 1 aromatic rings. The minimum Gasteiger partial charge on any atom is -0.463 e. The topological polar surface area (TPSA) is 85.3 Å². The molecule has 0 saturated heterocycles. The minimum atomic E-state index is -0.571. The molecule has 0 aromatic heterocycles. The quantitative estimate of drug-likeness (QED) is 0.839. The maximum absolute atomic E-state index is 12.4. The van der Waals surface area contributed by atoms with Gasteiger partial charge in [0.25, 0.3) is 0 Å². The van der Waals surface area contributed by atoms with E-state index >= 15 is 0 Å². The SMILES string of the molecule is CCCc1ccc(C2C(C#N)=C(N)OC(C)=C2C(=O)OCC)cc1. The van der Waals surface area contributed by atoms with Crippen molar-refractivity contribution in [1.82, 2.24) is 0 Å². The fraction of sp³-hybridized carbons (Fsp3) is 0.368. The molecule has 2 rings (SSSR count). The summed E-state index contributed by atoms with van der Waals surface area (Å²) in [5.74, 6) is -0.658. The van der Waals surface area contributed by atoms with Crippen LogP contribution in [0.5, 0.6) is 0 Å². The number of rotatable bonds is 5. The van der Waals surface area contributed by atoms with E-state index in [2.05, 4.69) is 13.0 Å². The Balaban J connectivity index is 2.51. The smallest absolute Gasteiger partial charge is 0.338 e. The zero-order chi connectivity index (χ0) is 17.7. The lowest BCUT2D eigenvalue weighted by atomic mass is 9.82. The van der Waals surface area contributed by atoms with Crippen LogP contribution in [-0.4, -0.2) is 12.6 Å². The van der Waals surface area contributed by atoms with Crippen LogP contribution in [0.2, 0.25) is 0 Å². The first-order chi connectivity index (χ1) is 11.5. The van der Waals surface area contributed by atoms with E-state index in [4.69, 9.17) is 15.2 Å². The summed E-state index contributed by atoms with van der Waals surface area (Å²) >= 11 is 0. The number of carbonyl (C=O) groups is 1. The van der Waals surface area contributed by atoms with E-state index in [0.29, 0.717) is 11.3 Å². The molecule has 0 spiro atoms. The Morgan fingerprint density at radius 2 is 2.00 bits per heavy atom. The van der Waals surface area contributed by atoms with Crippen molar-refractivity contribution >= 4 is 5.97 Å². The van der Waals surface area contributed by atoms with Crippen molar-refractivity contribution in [3.05, 3.63) is 58.2 Å². The molecule has 2 N–H and O–H groups in total. The van der Waals surface area contributed by atoms with E-state index < -0.39 is 11.9 Å². The molecule has 0 radical (unpaired) electrons. The van der Waals surface area contributed by atoms with Crippen LogP contribution >= 0.6 is 0 Å². The Morgan fingerprint density at radius 3 is 2.54 bits per heavy atom. The lowest BCUT2D eigenvalue weighted by Crippen LogP contribution is -2.25. The Labute approximate surface area is 142 Å². The van der Waals surface area contributed by atoms with Crippen molar-refractivity contribution in [2.45, 2.75) is 39.5 Å². The second-order valence-corrected chi connectivity index (χ2v) is 5.61. The maximum atomic E-state index is 12.4. The number of ether oxygens (including phenoxy) is 2. The average molecular weight is 326 g/mol. The second-order valence-electron chi connectivity index (χ2n) is 5.61. The zero-order valence-corrected chi connectivity index (χ0v) is 14.3. The van der Waals surface area contributed by atoms with Gasteiger partial charge in [-0.05, 0) is 31.4 Å². The van der Waals surface area contributed by atoms with Crippen LogP contribution in [-0.2, 0) is 20.7 Å². The second kappa shape index (κ2) is 7.69. The molecule has 1 aliphatic rings. The van der Waals surface area contributed by atoms with Crippen LogP contribution in [0.3, 0.4) is 0 Å². The summed E-state index contributed by atoms with van der Waals surface area (Å²) < 4.78 is 10.5. The van der Waals surface area contributed by atoms with Crippen LogP contribution in [0.4, 0.5) is 0 Å². The van der Waals surface area contributed by atoms with Crippen molar-refractivity contribution in [3.63, 3.8) is 0 Å². The minimum absolute atomic E-state index is 0.0330. The van der Waals surface area contributed by atoms with Crippen molar-refractivity contribution in [2.24, 2.45) is 5.73 Å². The Bertz CT molecular complexity index is 724. The molecule has 0 bridgehead atoms. The first-order valence-electron chi connectivity index (χ1n) is 8.07. The predicted octanol–water partition coefficient (Wildman–Crippen LogP) is 3.28. The summed E-state index contributed by atoms with van der Waals surface area (Å²) in [5.41, 5.74) is 8.45. The summed E-state index contributed by atoms with van der Waals surface area (Å²) in [6, 6.07) is 9.96. The highest BCUT2D eigenvalue weighted by Gasteiger charge is 2.36. The molecular weight excluding hydrogens is 304 g/mol. The summed E-state index contributed by atoms with van der Waals surface area (Å²) in [4.78, 5) is 12.4. The largest absolute Gasteiger partial charge is 0.463 e. The van der Waals surface area contributed by atoms with Gasteiger partial charge in [-0.25, -0.2) is 4.79 Å². The van der Waals surface area contributed by atoms with E-state index in [1.807, 2.05) is 24.3 Å². The molecular formula is C19H22N2O3. The van der Waals surface area contributed by atoms with Crippen LogP contribution in [0.25, 0.3) is 0 Å². The molecule has 1 aromatic carbocycles. The van der Waals surface area contributed by atoms with Gasteiger partial charge in [-0.1, -0.05) is 37.6 Å². The number of carbonyl (C=O) groups excluding carboxylic acids is 1. The summed E-state index contributed by atoms with van der Waals surface area (Å²) in [7, 11) is 0.